The third kappa shape index (κ3) is 15.8. The summed E-state index contributed by atoms with van der Waals surface area (Å²) in [6, 6.07) is -0.711. The van der Waals surface area contributed by atoms with E-state index in [1.165, 1.54) is 51.4 Å². The van der Waals surface area contributed by atoms with E-state index in [1.54, 1.807) is 27.7 Å². The van der Waals surface area contributed by atoms with E-state index in [0.717, 1.165) is 25.7 Å². The standard InChI is InChI=1S/C23H45NO4/c1-7-9-11-13-15-17-20(18-16-14-12-10-8-2)27-21(25)19(3)24-22(26)28-23(4,5)6/h19-20H,7-18H2,1-6H3,(H,24,26)/t19-/m0/s1. The zero-order valence-electron chi connectivity index (χ0n) is 19.3. The van der Waals surface area contributed by atoms with Crippen LogP contribution in [0.2, 0.25) is 0 Å². The van der Waals surface area contributed by atoms with E-state index in [2.05, 4.69) is 19.2 Å². The summed E-state index contributed by atoms with van der Waals surface area (Å²) in [4.78, 5) is 24.3. The third-order valence-corrected chi connectivity index (χ3v) is 4.63. The number of ether oxygens (including phenoxy) is 2. The van der Waals surface area contributed by atoms with Crippen LogP contribution in [0.5, 0.6) is 0 Å². The monoisotopic (exact) mass is 399 g/mol. The van der Waals surface area contributed by atoms with Crippen molar-refractivity contribution in [3.05, 3.63) is 0 Å². The lowest BCUT2D eigenvalue weighted by atomic mass is 10.0. The van der Waals surface area contributed by atoms with Gasteiger partial charge >= 0.3 is 12.1 Å². The highest BCUT2D eigenvalue weighted by molar-refractivity contribution is 5.81. The number of alkyl carbamates (subject to hydrolysis) is 1. The van der Waals surface area contributed by atoms with Crippen LogP contribution in [0.4, 0.5) is 4.79 Å². The van der Waals surface area contributed by atoms with Crippen molar-refractivity contribution in [3.8, 4) is 0 Å². The highest BCUT2D eigenvalue weighted by Gasteiger charge is 2.24. The Balaban J connectivity index is 4.44. The first-order valence-electron chi connectivity index (χ1n) is 11.4. The molecule has 0 spiro atoms. The molecule has 28 heavy (non-hydrogen) atoms. The molecular weight excluding hydrogens is 354 g/mol. The van der Waals surface area contributed by atoms with Crippen LogP contribution in [-0.4, -0.2) is 29.8 Å². The van der Waals surface area contributed by atoms with Gasteiger partial charge in [0.1, 0.15) is 17.7 Å². The van der Waals surface area contributed by atoms with Gasteiger partial charge < -0.3 is 14.8 Å². The Labute approximate surface area is 173 Å². The number of unbranched alkanes of at least 4 members (excludes halogenated alkanes) is 8. The lowest BCUT2D eigenvalue weighted by Gasteiger charge is -2.23. The van der Waals surface area contributed by atoms with E-state index in [4.69, 9.17) is 9.47 Å². The molecule has 0 unspecified atom stereocenters. The lowest BCUT2D eigenvalue weighted by molar-refractivity contribution is -0.152. The fourth-order valence-corrected chi connectivity index (χ4v) is 3.02. The normalized spacial score (nSPS) is 12.7. The van der Waals surface area contributed by atoms with Gasteiger partial charge in [0.15, 0.2) is 0 Å². The Kier molecular flexibility index (Phi) is 14.9. The fourth-order valence-electron chi connectivity index (χ4n) is 3.02. The molecule has 5 nitrogen and oxygen atoms in total. The number of hydrogen-bond donors (Lipinski definition) is 1. The Hall–Kier alpha value is -1.26. The van der Waals surface area contributed by atoms with Crippen molar-refractivity contribution in [2.75, 3.05) is 0 Å². The molecule has 0 saturated carbocycles. The van der Waals surface area contributed by atoms with Crippen LogP contribution in [-0.2, 0) is 14.3 Å². The molecule has 0 rings (SSSR count). The molecule has 0 radical (unpaired) electrons. The first kappa shape index (κ1) is 26.7. The van der Waals surface area contributed by atoms with Gasteiger partial charge in [0.2, 0.25) is 0 Å². The quantitative estimate of drug-likeness (QED) is 0.251. The van der Waals surface area contributed by atoms with Crippen molar-refractivity contribution in [1.29, 1.82) is 0 Å². The van der Waals surface area contributed by atoms with Gasteiger partial charge in [-0.1, -0.05) is 65.2 Å². The summed E-state index contributed by atoms with van der Waals surface area (Å²) < 4.78 is 11.0. The van der Waals surface area contributed by atoms with E-state index in [9.17, 15) is 9.59 Å². The molecule has 0 aromatic carbocycles. The maximum atomic E-state index is 12.4. The van der Waals surface area contributed by atoms with Crippen LogP contribution in [0.15, 0.2) is 0 Å². The lowest BCUT2D eigenvalue weighted by Crippen LogP contribution is -2.43. The van der Waals surface area contributed by atoms with Crippen LogP contribution >= 0.6 is 0 Å². The van der Waals surface area contributed by atoms with Crippen molar-refractivity contribution in [2.45, 2.75) is 136 Å². The molecule has 166 valence electrons. The van der Waals surface area contributed by atoms with Crippen LogP contribution < -0.4 is 5.32 Å². The van der Waals surface area contributed by atoms with Gasteiger partial charge in [-0.15, -0.1) is 0 Å². The predicted molar refractivity (Wildman–Crippen MR) is 115 cm³/mol. The van der Waals surface area contributed by atoms with Crippen molar-refractivity contribution in [2.24, 2.45) is 0 Å². The molecule has 0 aromatic rings. The molecule has 1 atom stereocenters. The number of esters is 1. The van der Waals surface area contributed by atoms with E-state index < -0.39 is 17.7 Å². The summed E-state index contributed by atoms with van der Waals surface area (Å²) >= 11 is 0. The molecule has 0 aliphatic rings. The molecular formula is C23H45NO4. The van der Waals surface area contributed by atoms with Crippen molar-refractivity contribution in [3.63, 3.8) is 0 Å². The second kappa shape index (κ2) is 15.6. The number of nitrogens with one attached hydrogen (secondary N) is 1. The molecule has 0 saturated heterocycles. The molecule has 0 aromatic heterocycles. The van der Waals surface area contributed by atoms with E-state index in [-0.39, 0.29) is 12.1 Å². The van der Waals surface area contributed by atoms with E-state index in [1.807, 2.05) is 0 Å². The van der Waals surface area contributed by atoms with E-state index in [0.29, 0.717) is 0 Å². The summed E-state index contributed by atoms with van der Waals surface area (Å²) in [5, 5.41) is 2.57. The minimum atomic E-state index is -0.711. The van der Waals surface area contributed by atoms with Gasteiger partial charge in [0.05, 0.1) is 0 Å². The second-order valence-corrected chi connectivity index (χ2v) is 8.83. The smallest absolute Gasteiger partial charge is 0.408 e. The second-order valence-electron chi connectivity index (χ2n) is 8.83. The summed E-state index contributed by atoms with van der Waals surface area (Å²) in [7, 11) is 0. The minimum absolute atomic E-state index is 0.0568. The fraction of sp³-hybridized carbons (Fsp3) is 0.913. The van der Waals surface area contributed by atoms with Crippen molar-refractivity contribution < 1.29 is 19.1 Å². The first-order valence-corrected chi connectivity index (χ1v) is 11.4. The number of carbonyl (C=O) groups is 2. The SMILES string of the molecule is CCCCCCCC(CCCCCCC)OC(=O)[C@H](C)NC(=O)OC(C)(C)C. The summed E-state index contributed by atoms with van der Waals surface area (Å²) in [6.45, 7) is 11.4. The Morgan fingerprint density at radius 3 is 1.71 bits per heavy atom. The van der Waals surface area contributed by atoms with Gasteiger partial charge in [0, 0.05) is 0 Å². The Bertz CT molecular complexity index is 403. The molecule has 1 N–H and O–H groups in total. The average molecular weight is 400 g/mol. The van der Waals surface area contributed by atoms with Gasteiger partial charge in [0.25, 0.3) is 0 Å². The van der Waals surface area contributed by atoms with E-state index >= 15 is 0 Å². The summed E-state index contributed by atoms with van der Waals surface area (Å²) in [5.41, 5.74) is -0.590. The van der Waals surface area contributed by atoms with Crippen molar-refractivity contribution >= 4 is 12.1 Å². The molecule has 5 heteroatoms. The average Bonchev–Trinajstić information content (AvgIpc) is 2.59. The van der Waals surface area contributed by atoms with Crippen LogP contribution in [0.3, 0.4) is 0 Å². The predicted octanol–water partition coefficient (Wildman–Crippen LogP) is 6.53. The Morgan fingerprint density at radius 1 is 0.821 bits per heavy atom. The molecule has 0 bridgehead atoms. The van der Waals surface area contributed by atoms with Gasteiger partial charge in [-0.2, -0.15) is 0 Å². The molecule has 0 aliphatic carbocycles. The van der Waals surface area contributed by atoms with Gasteiger partial charge in [-0.25, -0.2) is 9.59 Å². The largest absolute Gasteiger partial charge is 0.461 e. The number of hydrogen-bond acceptors (Lipinski definition) is 4. The topological polar surface area (TPSA) is 64.6 Å². The maximum absolute atomic E-state index is 12.4. The zero-order valence-corrected chi connectivity index (χ0v) is 19.3. The van der Waals surface area contributed by atoms with Gasteiger partial charge in [-0.05, 0) is 53.4 Å². The first-order chi connectivity index (χ1) is 13.2. The van der Waals surface area contributed by atoms with Crippen molar-refractivity contribution in [1.82, 2.24) is 5.32 Å². The van der Waals surface area contributed by atoms with Gasteiger partial charge in [-0.3, -0.25) is 0 Å². The number of amides is 1. The summed E-state index contributed by atoms with van der Waals surface area (Å²) in [6.07, 6.45) is 13.2. The van der Waals surface area contributed by atoms with Crippen LogP contribution in [0, 0.1) is 0 Å². The molecule has 0 aliphatic heterocycles. The number of rotatable bonds is 15. The molecule has 0 fully saturated rings. The molecule has 0 heterocycles. The minimum Gasteiger partial charge on any atom is -0.461 e. The Morgan fingerprint density at radius 2 is 1.29 bits per heavy atom. The third-order valence-electron chi connectivity index (χ3n) is 4.63. The van der Waals surface area contributed by atoms with Crippen LogP contribution in [0.25, 0.3) is 0 Å². The highest BCUT2D eigenvalue weighted by atomic mass is 16.6. The maximum Gasteiger partial charge on any atom is 0.408 e. The highest BCUT2D eigenvalue weighted by Crippen LogP contribution is 2.17. The number of carbonyl (C=O) groups excluding carboxylic acids is 2. The molecule has 1 amide bonds. The zero-order chi connectivity index (χ0) is 21.4. The van der Waals surface area contributed by atoms with Crippen LogP contribution in [0.1, 0.15) is 119 Å². The summed E-state index contributed by atoms with van der Waals surface area (Å²) in [5.74, 6) is -0.377.